The number of carbonyl (C=O) groups excluding carboxylic acids is 1. The van der Waals surface area contributed by atoms with Gasteiger partial charge in [0.2, 0.25) is 0 Å². The van der Waals surface area contributed by atoms with Crippen molar-refractivity contribution in [3.05, 3.63) is 0 Å². The minimum Gasteiger partial charge on any atom is -0.462 e. The Morgan fingerprint density at radius 1 is 1.71 bits per heavy atom. The Hall–Kier alpha value is -0.650. The van der Waals surface area contributed by atoms with Crippen LogP contribution >= 0.6 is 0 Å². The molecule has 0 radical (unpaired) electrons. The fourth-order valence-electron chi connectivity index (χ4n) is 1.31. The Balaban J connectivity index is 2.13. The molecule has 1 heterocycles. The molecule has 1 aliphatic rings. The summed E-state index contributed by atoms with van der Waals surface area (Å²) in [4.78, 5) is 11.2. The molecule has 0 aliphatic carbocycles. The molecule has 1 saturated heterocycles. The van der Waals surface area contributed by atoms with Gasteiger partial charge < -0.3 is 20.3 Å². The topological polar surface area (TPSA) is 81.8 Å². The zero-order chi connectivity index (χ0) is 10.4. The van der Waals surface area contributed by atoms with E-state index in [9.17, 15) is 4.79 Å². The van der Waals surface area contributed by atoms with Crippen molar-refractivity contribution < 1.29 is 19.4 Å². The smallest absolute Gasteiger partial charge is 0.323 e. The lowest BCUT2D eigenvalue weighted by Gasteiger charge is -2.13. The van der Waals surface area contributed by atoms with Crippen LogP contribution in [0.4, 0.5) is 0 Å². The first-order valence-electron chi connectivity index (χ1n) is 4.88. The van der Waals surface area contributed by atoms with Crippen LogP contribution in [0.2, 0.25) is 0 Å². The summed E-state index contributed by atoms with van der Waals surface area (Å²) >= 11 is 0. The van der Waals surface area contributed by atoms with Gasteiger partial charge >= 0.3 is 5.97 Å². The normalized spacial score (nSPS) is 23.4. The van der Waals surface area contributed by atoms with Crippen LogP contribution in [-0.4, -0.2) is 43.0 Å². The Morgan fingerprint density at radius 2 is 2.50 bits per heavy atom. The molecule has 2 atom stereocenters. The number of nitrogens with two attached hydrogens (primary N) is 1. The molecule has 0 aromatic rings. The van der Waals surface area contributed by atoms with E-state index in [0.717, 1.165) is 19.4 Å². The number of hydrogen-bond donors (Lipinski definition) is 2. The molecule has 0 spiro atoms. The standard InChI is InChI=1S/C9H17NO4/c10-8(3-4-11)9(12)14-6-7-2-1-5-13-7/h7-8,11H,1-6,10H2/t7?,8-/m0/s1. The summed E-state index contributed by atoms with van der Waals surface area (Å²) < 4.78 is 10.2. The molecule has 0 aromatic carbocycles. The Labute approximate surface area is 83.2 Å². The summed E-state index contributed by atoms with van der Waals surface area (Å²) in [5, 5.41) is 8.55. The molecular formula is C9H17NO4. The zero-order valence-electron chi connectivity index (χ0n) is 8.15. The molecule has 82 valence electrons. The number of rotatable bonds is 5. The van der Waals surface area contributed by atoms with E-state index in [1.165, 1.54) is 0 Å². The maximum Gasteiger partial charge on any atom is 0.323 e. The molecule has 0 amide bonds. The van der Waals surface area contributed by atoms with Gasteiger partial charge in [0.1, 0.15) is 12.6 Å². The summed E-state index contributed by atoms with van der Waals surface area (Å²) in [5.41, 5.74) is 5.44. The van der Waals surface area contributed by atoms with Gasteiger partial charge in [-0.25, -0.2) is 0 Å². The van der Waals surface area contributed by atoms with Crippen molar-refractivity contribution in [2.24, 2.45) is 5.73 Å². The second kappa shape index (κ2) is 5.95. The molecule has 0 bridgehead atoms. The fraction of sp³-hybridized carbons (Fsp3) is 0.889. The second-order valence-electron chi connectivity index (χ2n) is 3.38. The highest BCUT2D eigenvalue weighted by atomic mass is 16.6. The molecule has 0 aromatic heterocycles. The highest BCUT2D eigenvalue weighted by Gasteiger charge is 2.20. The van der Waals surface area contributed by atoms with Crippen molar-refractivity contribution in [2.75, 3.05) is 19.8 Å². The van der Waals surface area contributed by atoms with Crippen LogP contribution in [0.5, 0.6) is 0 Å². The highest BCUT2D eigenvalue weighted by molar-refractivity contribution is 5.75. The molecule has 14 heavy (non-hydrogen) atoms. The maximum atomic E-state index is 11.2. The summed E-state index contributed by atoms with van der Waals surface area (Å²) in [6.07, 6.45) is 2.22. The molecule has 1 aliphatic heterocycles. The molecule has 0 saturated carbocycles. The van der Waals surface area contributed by atoms with E-state index in [2.05, 4.69) is 0 Å². The lowest BCUT2D eigenvalue weighted by molar-refractivity contribution is -0.148. The molecule has 1 rings (SSSR count). The third kappa shape index (κ3) is 3.61. The van der Waals surface area contributed by atoms with Crippen molar-refractivity contribution in [2.45, 2.75) is 31.4 Å². The summed E-state index contributed by atoms with van der Waals surface area (Å²) in [5.74, 6) is -0.463. The van der Waals surface area contributed by atoms with Gasteiger partial charge in [0.25, 0.3) is 0 Å². The number of carbonyl (C=O) groups is 1. The summed E-state index contributed by atoms with van der Waals surface area (Å²) in [7, 11) is 0. The van der Waals surface area contributed by atoms with Gasteiger partial charge in [-0.1, -0.05) is 0 Å². The lowest BCUT2D eigenvalue weighted by Crippen LogP contribution is -2.34. The summed E-state index contributed by atoms with van der Waals surface area (Å²) in [6, 6.07) is -0.721. The molecular weight excluding hydrogens is 186 g/mol. The first-order valence-corrected chi connectivity index (χ1v) is 4.88. The predicted molar refractivity (Wildman–Crippen MR) is 49.6 cm³/mol. The van der Waals surface area contributed by atoms with Gasteiger partial charge in [0.05, 0.1) is 6.10 Å². The van der Waals surface area contributed by atoms with E-state index in [1.54, 1.807) is 0 Å². The number of esters is 1. The van der Waals surface area contributed by atoms with Crippen molar-refractivity contribution >= 4 is 5.97 Å². The Kier molecular flexibility index (Phi) is 4.86. The number of ether oxygens (including phenoxy) is 2. The third-order valence-electron chi connectivity index (χ3n) is 2.18. The first kappa shape index (κ1) is 11.4. The van der Waals surface area contributed by atoms with E-state index in [-0.39, 0.29) is 25.7 Å². The quantitative estimate of drug-likeness (QED) is 0.584. The molecule has 3 N–H and O–H groups in total. The Bertz CT molecular complexity index is 180. The molecule has 1 fully saturated rings. The fourth-order valence-corrected chi connectivity index (χ4v) is 1.31. The van der Waals surface area contributed by atoms with Crippen LogP contribution in [0.25, 0.3) is 0 Å². The minimum absolute atomic E-state index is 0.0280. The van der Waals surface area contributed by atoms with Crippen LogP contribution in [0.15, 0.2) is 0 Å². The first-order chi connectivity index (χ1) is 6.74. The van der Waals surface area contributed by atoms with Gasteiger partial charge in [-0.05, 0) is 19.3 Å². The van der Waals surface area contributed by atoms with Crippen molar-refractivity contribution in [3.8, 4) is 0 Å². The van der Waals surface area contributed by atoms with E-state index in [1.807, 2.05) is 0 Å². The largest absolute Gasteiger partial charge is 0.462 e. The SMILES string of the molecule is N[C@@H](CCO)C(=O)OCC1CCCO1. The molecule has 5 heteroatoms. The second-order valence-corrected chi connectivity index (χ2v) is 3.38. The van der Waals surface area contributed by atoms with E-state index in [4.69, 9.17) is 20.3 Å². The van der Waals surface area contributed by atoms with Crippen LogP contribution in [0, 0.1) is 0 Å². The van der Waals surface area contributed by atoms with Crippen LogP contribution in [0.3, 0.4) is 0 Å². The highest BCUT2D eigenvalue weighted by Crippen LogP contribution is 2.12. The van der Waals surface area contributed by atoms with Crippen molar-refractivity contribution in [3.63, 3.8) is 0 Å². The molecule has 5 nitrogen and oxygen atoms in total. The minimum atomic E-state index is -0.721. The average molecular weight is 203 g/mol. The predicted octanol–water partition coefficient (Wildman–Crippen LogP) is -0.582. The zero-order valence-corrected chi connectivity index (χ0v) is 8.15. The lowest BCUT2D eigenvalue weighted by atomic mass is 10.2. The van der Waals surface area contributed by atoms with Crippen LogP contribution in [-0.2, 0) is 14.3 Å². The van der Waals surface area contributed by atoms with Crippen molar-refractivity contribution in [1.82, 2.24) is 0 Å². The van der Waals surface area contributed by atoms with Crippen LogP contribution in [0.1, 0.15) is 19.3 Å². The van der Waals surface area contributed by atoms with Gasteiger partial charge in [0, 0.05) is 13.2 Å². The molecule has 1 unspecified atom stereocenters. The van der Waals surface area contributed by atoms with E-state index in [0.29, 0.717) is 0 Å². The van der Waals surface area contributed by atoms with Gasteiger partial charge in [-0.15, -0.1) is 0 Å². The van der Waals surface area contributed by atoms with Crippen LogP contribution < -0.4 is 5.73 Å². The monoisotopic (exact) mass is 203 g/mol. The third-order valence-corrected chi connectivity index (χ3v) is 2.18. The number of hydrogen-bond acceptors (Lipinski definition) is 5. The Morgan fingerprint density at radius 3 is 3.07 bits per heavy atom. The maximum absolute atomic E-state index is 11.2. The van der Waals surface area contributed by atoms with E-state index >= 15 is 0 Å². The number of aliphatic hydroxyl groups excluding tert-OH is 1. The summed E-state index contributed by atoms with van der Waals surface area (Å²) in [6.45, 7) is 0.916. The number of aliphatic hydroxyl groups is 1. The van der Waals surface area contributed by atoms with Crippen molar-refractivity contribution in [1.29, 1.82) is 0 Å². The van der Waals surface area contributed by atoms with Gasteiger partial charge in [-0.3, -0.25) is 4.79 Å². The van der Waals surface area contributed by atoms with E-state index < -0.39 is 12.0 Å². The van der Waals surface area contributed by atoms with Gasteiger partial charge in [0.15, 0.2) is 0 Å². The van der Waals surface area contributed by atoms with Gasteiger partial charge in [-0.2, -0.15) is 0 Å². The average Bonchev–Trinajstić information content (AvgIpc) is 2.67.